The van der Waals surface area contributed by atoms with Crippen molar-refractivity contribution >= 4 is 44.4 Å². The van der Waals surface area contributed by atoms with Crippen LogP contribution < -0.4 is 5.32 Å². The van der Waals surface area contributed by atoms with E-state index in [0.29, 0.717) is 5.84 Å². The number of aliphatic imine (C=N–C) groups is 2. The van der Waals surface area contributed by atoms with Crippen molar-refractivity contribution in [1.82, 2.24) is 5.32 Å². The van der Waals surface area contributed by atoms with Crippen LogP contribution in [0.5, 0.6) is 0 Å². The van der Waals surface area contributed by atoms with Gasteiger partial charge in [0.2, 0.25) is 0 Å². The molecule has 1 aliphatic heterocycles. The third kappa shape index (κ3) is 4.09. The van der Waals surface area contributed by atoms with Crippen molar-refractivity contribution in [2.24, 2.45) is 9.98 Å². The Morgan fingerprint density at radius 2 is 1.29 bits per heavy atom. The number of furan rings is 1. The molecule has 0 saturated carbocycles. The molecule has 41 heavy (non-hydrogen) atoms. The molecule has 0 saturated heterocycles. The highest BCUT2D eigenvalue weighted by atomic mass is 16.3. The minimum Gasteiger partial charge on any atom is -0.456 e. The smallest absolute Gasteiger partial charge is 0.160 e. The average Bonchev–Trinajstić information content (AvgIpc) is 3.43. The Hall–Kier alpha value is -5.48. The normalized spacial score (nSPS) is 15.1. The maximum atomic E-state index is 6.34. The molecule has 1 N–H and O–H groups in total. The number of hydrogen-bond acceptors (Lipinski definition) is 4. The van der Waals surface area contributed by atoms with Gasteiger partial charge >= 0.3 is 0 Å². The van der Waals surface area contributed by atoms with Gasteiger partial charge in [0.25, 0.3) is 0 Å². The van der Waals surface area contributed by atoms with E-state index >= 15 is 0 Å². The Labute approximate surface area is 237 Å². The summed E-state index contributed by atoms with van der Waals surface area (Å²) in [5.41, 5.74) is 7.08. The Morgan fingerprint density at radius 1 is 0.561 bits per heavy atom. The highest BCUT2D eigenvalue weighted by molar-refractivity contribution is 6.23. The summed E-state index contributed by atoms with van der Waals surface area (Å²) in [6.07, 6.45) is -0.286. The largest absolute Gasteiger partial charge is 0.456 e. The lowest BCUT2D eigenvalue weighted by molar-refractivity contribution is 0.668. The summed E-state index contributed by atoms with van der Waals surface area (Å²) < 4.78 is 6.34. The maximum absolute atomic E-state index is 6.34. The second-order valence-electron chi connectivity index (χ2n) is 10.3. The van der Waals surface area contributed by atoms with Crippen molar-refractivity contribution in [3.63, 3.8) is 0 Å². The van der Waals surface area contributed by atoms with E-state index in [2.05, 4.69) is 108 Å². The Kier molecular flexibility index (Phi) is 5.49. The lowest BCUT2D eigenvalue weighted by Gasteiger charge is -2.24. The summed E-state index contributed by atoms with van der Waals surface area (Å²) in [7, 11) is 0. The van der Waals surface area contributed by atoms with E-state index in [0.717, 1.165) is 60.8 Å². The Morgan fingerprint density at radius 3 is 2.17 bits per heavy atom. The van der Waals surface area contributed by atoms with E-state index in [1.807, 2.05) is 36.4 Å². The van der Waals surface area contributed by atoms with Gasteiger partial charge in [0.15, 0.2) is 5.84 Å². The van der Waals surface area contributed by atoms with Crippen molar-refractivity contribution in [1.29, 1.82) is 0 Å². The molecule has 4 nitrogen and oxygen atoms in total. The van der Waals surface area contributed by atoms with Gasteiger partial charge in [-0.3, -0.25) is 0 Å². The van der Waals surface area contributed by atoms with Crippen LogP contribution in [0.1, 0.15) is 22.9 Å². The lowest BCUT2D eigenvalue weighted by Crippen LogP contribution is -2.33. The van der Waals surface area contributed by atoms with Gasteiger partial charge in [-0.05, 0) is 45.7 Å². The zero-order valence-corrected chi connectivity index (χ0v) is 22.2. The van der Waals surface area contributed by atoms with E-state index < -0.39 is 0 Å². The summed E-state index contributed by atoms with van der Waals surface area (Å²) in [6, 6.07) is 48.0. The van der Waals surface area contributed by atoms with Gasteiger partial charge in [0.05, 0.1) is 0 Å². The van der Waals surface area contributed by atoms with Crippen LogP contribution in [0.25, 0.3) is 43.8 Å². The predicted octanol–water partition coefficient (Wildman–Crippen LogP) is 8.90. The molecule has 7 aromatic rings. The number of benzene rings is 6. The molecule has 1 atom stereocenters. The highest BCUT2D eigenvalue weighted by Crippen LogP contribution is 2.35. The second kappa shape index (κ2) is 9.61. The molecular formula is C37H25N3O. The number of nitrogens with zero attached hydrogens (tertiary/aromatic N) is 2. The fourth-order valence-electron chi connectivity index (χ4n) is 5.77. The second-order valence-corrected chi connectivity index (χ2v) is 10.3. The lowest BCUT2D eigenvalue weighted by atomic mass is 9.99. The Balaban J connectivity index is 1.35. The number of nitrogens with one attached hydrogen (secondary N) is 1. The van der Waals surface area contributed by atoms with Crippen molar-refractivity contribution in [2.75, 3.05) is 0 Å². The summed E-state index contributed by atoms with van der Waals surface area (Å²) in [5.74, 6) is 1.48. The van der Waals surface area contributed by atoms with E-state index in [-0.39, 0.29) is 6.17 Å². The zero-order valence-electron chi connectivity index (χ0n) is 22.2. The number of amidine groups is 2. The fraction of sp³-hybridized carbons (Fsp3) is 0.0270. The standard InChI is InChI=1S/C37H25N3O/c1-3-11-24(12-4-1)27-21-22-32-31(23-27)34-30(19-10-20-33(34)41-32)37-39-35(26-14-5-2-6-15-26)38-36(40-37)29-18-9-16-25-13-7-8-17-28(25)29/h1-23,35H,(H,38,39,40). The van der Waals surface area contributed by atoms with Crippen LogP contribution >= 0.6 is 0 Å². The fourth-order valence-corrected chi connectivity index (χ4v) is 5.77. The van der Waals surface area contributed by atoms with Gasteiger partial charge in [0, 0.05) is 21.9 Å². The molecule has 1 aromatic heterocycles. The van der Waals surface area contributed by atoms with Crippen molar-refractivity contribution in [3.05, 3.63) is 156 Å². The highest BCUT2D eigenvalue weighted by Gasteiger charge is 2.24. The molecular weight excluding hydrogens is 502 g/mol. The molecule has 0 radical (unpaired) electrons. The van der Waals surface area contributed by atoms with Crippen LogP contribution in [0.4, 0.5) is 0 Å². The minimum absolute atomic E-state index is 0.286. The number of rotatable bonds is 4. The maximum Gasteiger partial charge on any atom is 0.160 e. The van der Waals surface area contributed by atoms with E-state index in [4.69, 9.17) is 14.4 Å². The molecule has 6 aromatic carbocycles. The summed E-state index contributed by atoms with van der Waals surface area (Å²) >= 11 is 0. The van der Waals surface area contributed by atoms with Crippen LogP contribution in [-0.4, -0.2) is 11.7 Å². The average molecular weight is 528 g/mol. The molecule has 0 spiro atoms. The first-order valence-electron chi connectivity index (χ1n) is 13.8. The monoisotopic (exact) mass is 527 g/mol. The summed E-state index contributed by atoms with van der Waals surface area (Å²) in [6.45, 7) is 0. The van der Waals surface area contributed by atoms with Crippen LogP contribution in [0, 0.1) is 0 Å². The molecule has 0 amide bonds. The third-order valence-corrected chi connectivity index (χ3v) is 7.75. The van der Waals surface area contributed by atoms with Gasteiger partial charge in [-0.25, -0.2) is 9.98 Å². The molecule has 0 aliphatic carbocycles. The van der Waals surface area contributed by atoms with Gasteiger partial charge in [0.1, 0.15) is 23.2 Å². The molecule has 1 aliphatic rings. The molecule has 4 heteroatoms. The van der Waals surface area contributed by atoms with Crippen LogP contribution in [0.15, 0.2) is 154 Å². The molecule has 1 unspecified atom stereocenters. The molecule has 194 valence electrons. The topological polar surface area (TPSA) is 49.9 Å². The zero-order chi connectivity index (χ0) is 27.2. The van der Waals surface area contributed by atoms with E-state index in [9.17, 15) is 0 Å². The van der Waals surface area contributed by atoms with Crippen molar-refractivity contribution in [2.45, 2.75) is 6.17 Å². The first kappa shape index (κ1) is 23.4. The van der Waals surface area contributed by atoms with Crippen molar-refractivity contribution in [3.8, 4) is 11.1 Å². The van der Waals surface area contributed by atoms with Gasteiger partial charge in [-0.1, -0.05) is 121 Å². The van der Waals surface area contributed by atoms with Gasteiger partial charge in [-0.2, -0.15) is 0 Å². The molecule has 0 bridgehead atoms. The van der Waals surface area contributed by atoms with Crippen molar-refractivity contribution < 1.29 is 4.42 Å². The van der Waals surface area contributed by atoms with Crippen LogP contribution in [-0.2, 0) is 0 Å². The van der Waals surface area contributed by atoms with Gasteiger partial charge in [-0.15, -0.1) is 0 Å². The van der Waals surface area contributed by atoms with E-state index in [1.165, 1.54) is 5.56 Å². The quantitative estimate of drug-likeness (QED) is 0.248. The van der Waals surface area contributed by atoms with Crippen LogP contribution in [0.3, 0.4) is 0 Å². The molecule has 8 rings (SSSR count). The molecule has 0 fully saturated rings. The first-order valence-corrected chi connectivity index (χ1v) is 13.8. The number of hydrogen-bond donors (Lipinski definition) is 1. The van der Waals surface area contributed by atoms with Crippen LogP contribution in [0.2, 0.25) is 0 Å². The summed E-state index contributed by atoms with van der Waals surface area (Å²) in [5, 5.41) is 8.04. The minimum atomic E-state index is -0.286. The van der Waals surface area contributed by atoms with Gasteiger partial charge < -0.3 is 9.73 Å². The Bertz CT molecular complexity index is 2120. The number of fused-ring (bicyclic) bond motifs is 4. The van der Waals surface area contributed by atoms with E-state index in [1.54, 1.807) is 0 Å². The first-order chi connectivity index (χ1) is 20.3. The third-order valence-electron chi connectivity index (χ3n) is 7.75. The SMILES string of the molecule is c1ccc(-c2ccc3oc4cccc(C5=NC(c6cccc7ccccc67)=NC(c6ccccc6)N5)c4c3c2)cc1. The predicted molar refractivity (Wildman–Crippen MR) is 168 cm³/mol. The molecule has 2 heterocycles. The summed E-state index contributed by atoms with van der Waals surface area (Å²) in [4.78, 5) is 10.3.